The Hall–Kier alpha value is -1.78. The zero-order valence-corrected chi connectivity index (χ0v) is 11.5. The third kappa shape index (κ3) is 2.97. The molecule has 100 valence electrons. The molecule has 0 aliphatic rings. The van der Waals surface area contributed by atoms with Gasteiger partial charge in [0, 0.05) is 17.8 Å². The molecular formula is C15H19N3O. The van der Waals surface area contributed by atoms with Gasteiger partial charge in [-0.3, -0.25) is 0 Å². The lowest BCUT2D eigenvalue weighted by Gasteiger charge is -2.10. The molecule has 2 rings (SSSR count). The van der Waals surface area contributed by atoms with E-state index in [4.69, 9.17) is 5.73 Å². The summed E-state index contributed by atoms with van der Waals surface area (Å²) < 4.78 is 0. The van der Waals surface area contributed by atoms with Crippen LogP contribution in [0.15, 0.2) is 24.3 Å². The largest absolute Gasteiger partial charge is 0.384 e. The first-order valence-electron chi connectivity index (χ1n) is 6.32. The van der Waals surface area contributed by atoms with Crippen molar-refractivity contribution in [3.05, 3.63) is 46.9 Å². The maximum absolute atomic E-state index is 9.77. The van der Waals surface area contributed by atoms with Gasteiger partial charge in [0.2, 0.25) is 0 Å². The molecule has 0 radical (unpaired) electrons. The molecule has 1 aromatic carbocycles. The van der Waals surface area contributed by atoms with E-state index in [9.17, 15) is 5.11 Å². The molecule has 1 atom stereocenters. The molecule has 0 bridgehead atoms. The minimum absolute atomic E-state index is 0.121. The molecule has 19 heavy (non-hydrogen) atoms. The predicted molar refractivity (Wildman–Crippen MR) is 75.7 cm³/mol. The lowest BCUT2D eigenvalue weighted by molar-refractivity contribution is 0.176. The highest BCUT2D eigenvalue weighted by Crippen LogP contribution is 2.22. The van der Waals surface area contributed by atoms with Crippen molar-refractivity contribution in [2.75, 3.05) is 6.54 Å². The summed E-state index contributed by atoms with van der Waals surface area (Å²) in [7, 11) is 0. The molecule has 4 heteroatoms. The van der Waals surface area contributed by atoms with Crippen molar-refractivity contribution in [2.45, 2.75) is 26.9 Å². The average molecular weight is 257 g/mol. The normalized spacial score (nSPS) is 12.5. The number of aryl methyl sites for hydroxylation is 3. The van der Waals surface area contributed by atoms with Crippen LogP contribution >= 0.6 is 0 Å². The molecule has 1 aromatic heterocycles. The van der Waals surface area contributed by atoms with Gasteiger partial charge in [-0.2, -0.15) is 0 Å². The van der Waals surface area contributed by atoms with Gasteiger partial charge in [-0.05, 0) is 44.0 Å². The van der Waals surface area contributed by atoms with E-state index in [0.29, 0.717) is 5.82 Å². The number of hydrogen-bond acceptors (Lipinski definition) is 4. The molecule has 1 heterocycles. The van der Waals surface area contributed by atoms with Gasteiger partial charge in [0.25, 0.3) is 0 Å². The standard InChI is InChI=1S/C15H19N3O/c1-9-4-5-12(6-10(9)2)13-7-11(3)17-15(18-13)14(19)8-16/h4-7,14,19H,8,16H2,1-3H3. The predicted octanol–water partition coefficient (Wildman–Crippen LogP) is 2.06. The number of aliphatic hydroxyl groups excluding tert-OH is 1. The van der Waals surface area contributed by atoms with E-state index >= 15 is 0 Å². The van der Waals surface area contributed by atoms with Gasteiger partial charge in [0.05, 0.1) is 5.69 Å². The van der Waals surface area contributed by atoms with Crippen LogP contribution in [-0.2, 0) is 0 Å². The van der Waals surface area contributed by atoms with Gasteiger partial charge in [-0.15, -0.1) is 0 Å². The highest BCUT2D eigenvalue weighted by molar-refractivity contribution is 5.61. The van der Waals surface area contributed by atoms with Crippen LogP contribution in [0.2, 0.25) is 0 Å². The molecule has 2 aromatic rings. The second-order valence-electron chi connectivity index (χ2n) is 4.80. The van der Waals surface area contributed by atoms with E-state index in [1.54, 1.807) is 0 Å². The van der Waals surface area contributed by atoms with Gasteiger partial charge in [0.1, 0.15) is 6.10 Å². The first kappa shape index (κ1) is 13.6. The SMILES string of the molecule is Cc1cc(-c2ccc(C)c(C)c2)nc(C(O)CN)n1. The minimum Gasteiger partial charge on any atom is -0.384 e. The summed E-state index contributed by atoms with van der Waals surface area (Å²) in [4.78, 5) is 8.63. The lowest BCUT2D eigenvalue weighted by atomic mass is 10.0. The van der Waals surface area contributed by atoms with E-state index in [0.717, 1.165) is 17.0 Å². The molecule has 0 fully saturated rings. The third-order valence-electron chi connectivity index (χ3n) is 3.20. The van der Waals surface area contributed by atoms with Crippen molar-refractivity contribution < 1.29 is 5.11 Å². The Bertz CT molecular complexity index is 596. The summed E-state index contributed by atoms with van der Waals surface area (Å²) in [5, 5.41) is 9.77. The molecule has 0 saturated heterocycles. The molecule has 3 N–H and O–H groups in total. The van der Waals surface area contributed by atoms with Gasteiger partial charge in [-0.25, -0.2) is 9.97 Å². The van der Waals surface area contributed by atoms with Crippen molar-refractivity contribution in [3.63, 3.8) is 0 Å². The second kappa shape index (κ2) is 5.47. The third-order valence-corrected chi connectivity index (χ3v) is 3.20. The maximum Gasteiger partial charge on any atom is 0.159 e. The highest BCUT2D eigenvalue weighted by Gasteiger charge is 2.12. The van der Waals surface area contributed by atoms with Gasteiger partial charge in [0.15, 0.2) is 5.82 Å². The lowest BCUT2D eigenvalue weighted by Crippen LogP contribution is -2.15. The van der Waals surface area contributed by atoms with E-state index in [-0.39, 0.29) is 6.54 Å². The first-order valence-corrected chi connectivity index (χ1v) is 6.32. The molecule has 4 nitrogen and oxygen atoms in total. The van der Waals surface area contributed by atoms with E-state index in [1.165, 1.54) is 11.1 Å². The van der Waals surface area contributed by atoms with Crippen LogP contribution in [0.3, 0.4) is 0 Å². The Morgan fingerprint density at radius 3 is 2.47 bits per heavy atom. The van der Waals surface area contributed by atoms with Crippen LogP contribution in [-0.4, -0.2) is 21.6 Å². The van der Waals surface area contributed by atoms with E-state index in [2.05, 4.69) is 35.9 Å². The Morgan fingerprint density at radius 1 is 1.11 bits per heavy atom. The fraction of sp³-hybridized carbons (Fsp3) is 0.333. The molecule has 0 amide bonds. The van der Waals surface area contributed by atoms with Crippen molar-refractivity contribution in [1.82, 2.24) is 9.97 Å². The average Bonchev–Trinajstić information content (AvgIpc) is 2.40. The van der Waals surface area contributed by atoms with Crippen LogP contribution in [0, 0.1) is 20.8 Å². The van der Waals surface area contributed by atoms with Crippen LogP contribution in [0.1, 0.15) is 28.7 Å². The summed E-state index contributed by atoms with van der Waals surface area (Å²) in [5.74, 6) is 0.385. The molecule has 1 unspecified atom stereocenters. The summed E-state index contributed by atoms with van der Waals surface area (Å²) in [5.41, 5.74) is 10.6. The topological polar surface area (TPSA) is 72.0 Å². The number of nitrogens with two attached hydrogens (primary N) is 1. The van der Waals surface area contributed by atoms with Crippen molar-refractivity contribution in [1.29, 1.82) is 0 Å². The summed E-state index contributed by atoms with van der Waals surface area (Å²) in [6.07, 6.45) is -0.815. The molecular weight excluding hydrogens is 238 g/mol. The van der Waals surface area contributed by atoms with Crippen molar-refractivity contribution >= 4 is 0 Å². The number of benzene rings is 1. The molecule has 0 aliphatic heterocycles. The zero-order chi connectivity index (χ0) is 14.0. The number of rotatable bonds is 3. The fourth-order valence-electron chi connectivity index (χ4n) is 1.89. The van der Waals surface area contributed by atoms with Crippen molar-refractivity contribution in [3.8, 4) is 11.3 Å². The summed E-state index contributed by atoms with van der Waals surface area (Å²) in [6.45, 7) is 6.16. The monoisotopic (exact) mass is 257 g/mol. The Morgan fingerprint density at radius 2 is 1.84 bits per heavy atom. The number of aliphatic hydroxyl groups is 1. The van der Waals surface area contributed by atoms with Crippen LogP contribution in [0.25, 0.3) is 11.3 Å². The van der Waals surface area contributed by atoms with Crippen LogP contribution in [0.4, 0.5) is 0 Å². The zero-order valence-electron chi connectivity index (χ0n) is 11.5. The van der Waals surface area contributed by atoms with Gasteiger partial charge in [-0.1, -0.05) is 12.1 Å². The van der Waals surface area contributed by atoms with Gasteiger partial charge >= 0.3 is 0 Å². The minimum atomic E-state index is -0.815. The number of hydrogen-bond donors (Lipinski definition) is 2. The molecule has 0 saturated carbocycles. The maximum atomic E-state index is 9.77. The quantitative estimate of drug-likeness (QED) is 0.882. The Balaban J connectivity index is 2.49. The molecule has 0 aliphatic carbocycles. The van der Waals surface area contributed by atoms with Crippen LogP contribution < -0.4 is 5.73 Å². The smallest absolute Gasteiger partial charge is 0.159 e. The van der Waals surface area contributed by atoms with E-state index < -0.39 is 6.10 Å². The van der Waals surface area contributed by atoms with Crippen molar-refractivity contribution in [2.24, 2.45) is 5.73 Å². The fourth-order valence-corrected chi connectivity index (χ4v) is 1.89. The van der Waals surface area contributed by atoms with E-state index in [1.807, 2.05) is 19.1 Å². The summed E-state index contributed by atoms with van der Waals surface area (Å²) in [6, 6.07) is 8.11. The highest BCUT2D eigenvalue weighted by atomic mass is 16.3. The molecule has 0 spiro atoms. The Kier molecular flexibility index (Phi) is 3.93. The van der Waals surface area contributed by atoms with Crippen LogP contribution in [0.5, 0.6) is 0 Å². The second-order valence-corrected chi connectivity index (χ2v) is 4.80. The number of nitrogens with zero attached hydrogens (tertiary/aromatic N) is 2. The van der Waals surface area contributed by atoms with Gasteiger partial charge < -0.3 is 10.8 Å². The Labute approximate surface area is 113 Å². The number of aromatic nitrogens is 2. The first-order chi connectivity index (χ1) is 9.01. The summed E-state index contributed by atoms with van der Waals surface area (Å²) >= 11 is 0.